The third-order valence-electron chi connectivity index (χ3n) is 5.75. The molecule has 0 saturated heterocycles. The Kier molecular flexibility index (Phi) is 7.70. The summed E-state index contributed by atoms with van der Waals surface area (Å²) in [5, 5.41) is 5.83. The molecule has 4 rings (SSSR count). The molecule has 0 heterocycles. The highest BCUT2D eigenvalue weighted by atomic mass is 16.5. The topological polar surface area (TPSA) is 103 Å². The van der Waals surface area contributed by atoms with Crippen LogP contribution in [0.15, 0.2) is 72.8 Å². The molecule has 3 aromatic rings. The molecule has 2 amide bonds. The maximum atomic E-state index is 13.1. The number of para-hydroxylation sites is 2. The van der Waals surface area contributed by atoms with Gasteiger partial charge in [0.2, 0.25) is 5.91 Å². The predicted octanol–water partition coefficient (Wildman–Crippen LogP) is 4.76. The van der Waals surface area contributed by atoms with Crippen molar-refractivity contribution in [3.05, 3.63) is 89.5 Å². The van der Waals surface area contributed by atoms with Crippen LogP contribution < -0.4 is 25.8 Å². The van der Waals surface area contributed by atoms with E-state index in [4.69, 9.17) is 15.2 Å². The lowest BCUT2D eigenvalue weighted by Crippen LogP contribution is -2.26. The summed E-state index contributed by atoms with van der Waals surface area (Å²) in [6.07, 6.45) is 7.01. The highest BCUT2D eigenvalue weighted by Crippen LogP contribution is 2.32. The highest BCUT2D eigenvalue weighted by molar-refractivity contribution is 6.24. The molecule has 7 heteroatoms. The molecule has 7 nitrogen and oxygen atoms in total. The molecular weight excluding hydrogens is 454 g/mol. The number of hydrogen-bond acceptors (Lipinski definition) is 5. The van der Waals surface area contributed by atoms with E-state index in [1.54, 1.807) is 44.6 Å². The number of methoxy groups -OCH3 is 2. The lowest BCUT2D eigenvalue weighted by atomic mass is 10.0. The normalized spacial score (nSPS) is 13.3. The molecule has 36 heavy (non-hydrogen) atoms. The molecule has 1 fully saturated rings. The van der Waals surface area contributed by atoms with Crippen LogP contribution in [0.1, 0.15) is 29.5 Å². The van der Waals surface area contributed by atoms with Crippen molar-refractivity contribution in [2.45, 2.75) is 18.9 Å². The molecule has 0 atom stereocenters. The molecular formula is C29H29N3O4. The monoisotopic (exact) mass is 483 g/mol. The first-order valence-corrected chi connectivity index (χ1v) is 11.7. The zero-order valence-electron chi connectivity index (χ0n) is 20.3. The smallest absolute Gasteiger partial charge is 0.252 e. The van der Waals surface area contributed by atoms with E-state index in [2.05, 4.69) is 10.6 Å². The average molecular weight is 484 g/mol. The molecule has 0 radical (unpaired) electrons. The third-order valence-corrected chi connectivity index (χ3v) is 5.75. The average Bonchev–Trinajstić information content (AvgIpc) is 3.71. The largest absolute Gasteiger partial charge is 0.493 e. The molecule has 1 aliphatic carbocycles. The molecule has 4 N–H and O–H groups in total. The Balaban J connectivity index is 1.53. The van der Waals surface area contributed by atoms with E-state index in [0.29, 0.717) is 28.4 Å². The number of nitrogen functional groups attached to an aromatic ring is 1. The summed E-state index contributed by atoms with van der Waals surface area (Å²) in [4.78, 5) is 25.3. The van der Waals surface area contributed by atoms with Crippen molar-refractivity contribution >= 4 is 40.9 Å². The number of nitrogens with one attached hydrogen (secondary N) is 2. The van der Waals surface area contributed by atoms with E-state index < -0.39 is 0 Å². The Bertz CT molecular complexity index is 1310. The van der Waals surface area contributed by atoms with E-state index in [-0.39, 0.29) is 17.9 Å². The van der Waals surface area contributed by atoms with E-state index in [1.165, 1.54) is 6.08 Å². The number of carbonyl (C=O) groups excluding carboxylic acids is 2. The third kappa shape index (κ3) is 6.33. The number of benzene rings is 3. The maximum Gasteiger partial charge on any atom is 0.252 e. The van der Waals surface area contributed by atoms with E-state index in [9.17, 15) is 9.59 Å². The first kappa shape index (κ1) is 24.6. The van der Waals surface area contributed by atoms with Gasteiger partial charge >= 0.3 is 0 Å². The van der Waals surface area contributed by atoms with Crippen LogP contribution in [0, 0.1) is 0 Å². The van der Waals surface area contributed by atoms with Crippen LogP contribution in [0.3, 0.4) is 0 Å². The SMILES string of the molecule is COc1ccc(C(=Cc2ccc(C=CC(=O)Nc3ccccc3N)cc2)C(=O)NC2CC2)cc1OC. The van der Waals surface area contributed by atoms with Crippen molar-refractivity contribution in [1.82, 2.24) is 5.32 Å². The van der Waals surface area contributed by atoms with Crippen molar-refractivity contribution in [2.75, 3.05) is 25.3 Å². The van der Waals surface area contributed by atoms with Crippen LogP contribution >= 0.6 is 0 Å². The Labute approximate surface area is 210 Å². The van der Waals surface area contributed by atoms with Gasteiger partial charge in [0, 0.05) is 17.7 Å². The van der Waals surface area contributed by atoms with Gasteiger partial charge in [0.1, 0.15) is 0 Å². The molecule has 1 saturated carbocycles. The molecule has 0 spiro atoms. The number of ether oxygens (including phenoxy) is 2. The van der Waals surface area contributed by atoms with Crippen molar-refractivity contribution in [1.29, 1.82) is 0 Å². The van der Waals surface area contributed by atoms with Gasteiger partial charge in [-0.25, -0.2) is 0 Å². The van der Waals surface area contributed by atoms with Crippen molar-refractivity contribution in [3.63, 3.8) is 0 Å². The highest BCUT2D eigenvalue weighted by Gasteiger charge is 2.25. The fraction of sp³-hybridized carbons (Fsp3) is 0.172. The van der Waals surface area contributed by atoms with E-state index >= 15 is 0 Å². The molecule has 0 unspecified atom stereocenters. The minimum atomic E-state index is -0.274. The summed E-state index contributed by atoms with van der Waals surface area (Å²) >= 11 is 0. The summed E-state index contributed by atoms with van der Waals surface area (Å²) in [6, 6.07) is 20.3. The Morgan fingerprint density at radius 1 is 0.917 bits per heavy atom. The second-order valence-electron chi connectivity index (χ2n) is 8.45. The number of hydrogen-bond donors (Lipinski definition) is 3. The summed E-state index contributed by atoms with van der Waals surface area (Å²) in [7, 11) is 3.14. The summed E-state index contributed by atoms with van der Waals surface area (Å²) in [6.45, 7) is 0. The van der Waals surface area contributed by atoms with Crippen LogP contribution in [-0.4, -0.2) is 32.1 Å². The van der Waals surface area contributed by atoms with E-state index in [0.717, 1.165) is 29.5 Å². The Morgan fingerprint density at radius 3 is 2.28 bits per heavy atom. The number of amides is 2. The van der Waals surface area contributed by atoms with Gasteiger partial charge in [0.25, 0.3) is 5.91 Å². The minimum Gasteiger partial charge on any atom is -0.493 e. The second-order valence-corrected chi connectivity index (χ2v) is 8.45. The molecule has 0 aromatic heterocycles. The van der Waals surface area contributed by atoms with Crippen LogP contribution in [-0.2, 0) is 9.59 Å². The molecule has 3 aromatic carbocycles. The quantitative estimate of drug-likeness (QED) is 0.231. The van der Waals surface area contributed by atoms with Crippen molar-refractivity contribution in [3.8, 4) is 11.5 Å². The molecule has 0 bridgehead atoms. The fourth-order valence-corrected chi connectivity index (χ4v) is 3.60. The lowest BCUT2D eigenvalue weighted by molar-refractivity contribution is -0.115. The first-order valence-electron chi connectivity index (χ1n) is 11.7. The second kappa shape index (κ2) is 11.3. The summed E-state index contributed by atoms with van der Waals surface area (Å²) < 4.78 is 10.8. The molecule has 184 valence electrons. The van der Waals surface area contributed by atoms with Gasteiger partial charge in [-0.1, -0.05) is 42.5 Å². The van der Waals surface area contributed by atoms with Crippen molar-refractivity contribution in [2.24, 2.45) is 0 Å². The van der Waals surface area contributed by atoms with Crippen LogP contribution in [0.4, 0.5) is 11.4 Å². The zero-order valence-corrected chi connectivity index (χ0v) is 20.3. The van der Waals surface area contributed by atoms with Gasteiger partial charge in [0.05, 0.1) is 25.6 Å². The molecule has 0 aliphatic heterocycles. The zero-order chi connectivity index (χ0) is 25.5. The molecule has 1 aliphatic rings. The van der Waals surface area contributed by atoms with Gasteiger partial charge < -0.3 is 25.8 Å². The van der Waals surface area contributed by atoms with Crippen LogP contribution in [0.2, 0.25) is 0 Å². The standard InChI is InChI=1S/C29H29N3O4/c1-35-26-15-12-21(18-27(26)36-2)23(29(34)31-22-13-14-22)17-20-9-7-19(8-10-20)11-16-28(33)32-25-6-4-3-5-24(25)30/h3-12,15-18,22H,13-14,30H2,1-2H3,(H,31,34)(H,32,33). The van der Waals surface area contributed by atoms with Gasteiger partial charge in [-0.05, 0) is 65.9 Å². The van der Waals surface area contributed by atoms with Gasteiger partial charge in [-0.15, -0.1) is 0 Å². The van der Waals surface area contributed by atoms with Gasteiger partial charge in [0.15, 0.2) is 11.5 Å². The van der Waals surface area contributed by atoms with Gasteiger partial charge in [-0.2, -0.15) is 0 Å². The van der Waals surface area contributed by atoms with Crippen LogP contribution in [0.5, 0.6) is 11.5 Å². The number of anilines is 2. The predicted molar refractivity (Wildman–Crippen MR) is 144 cm³/mol. The number of nitrogens with two attached hydrogens (primary N) is 1. The summed E-state index contributed by atoms with van der Waals surface area (Å²) in [5.41, 5.74) is 9.90. The first-order chi connectivity index (χ1) is 17.5. The van der Waals surface area contributed by atoms with Crippen LogP contribution in [0.25, 0.3) is 17.7 Å². The van der Waals surface area contributed by atoms with Gasteiger partial charge in [-0.3, -0.25) is 9.59 Å². The Hall–Kier alpha value is -4.52. The number of rotatable bonds is 9. The minimum absolute atomic E-state index is 0.134. The van der Waals surface area contributed by atoms with E-state index in [1.807, 2.05) is 48.5 Å². The Morgan fingerprint density at radius 2 is 1.61 bits per heavy atom. The summed E-state index contributed by atoms with van der Waals surface area (Å²) in [5.74, 6) is 0.740. The maximum absolute atomic E-state index is 13.1. The van der Waals surface area contributed by atoms with Crippen molar-refractivity contribution < 1.29 is 19.1 Å². The number of carbonyl (C=O) groups is 2. The lowest BCUT2D eigenvalue weighted by Gasteiger charge is -2.13. The fourth-order valence-electron chi connectivity index (χ4n) is 3.60.